The van der Waals surface area contributed by atoms with Gasteiger partial charge in [0.25, 0.3) is 0 Å². The van der Waals surface area contributed by atoms with Crippen LogP contribution in [0.25, 0.3) is 0 Å². The first-order chi connectivity index (χ1) is 10.1. The fourth-order valence-corrected chi connectivity index (χ4v) is 1.97. The second kappa shape index (κ2) is 6.83. The number of methoxy groups -OCH3 is 1. The molecule has 7 heteroatoms. The molecule has 1 heterocycles. The van der Waals surface area contributed by atoms with Crippen molar-refractivity contribution in [2.45, 2.75) is 13.5 Å². The van der Waals surface area contributed by atoms with Crippen LogP contribution >= 0.6 is 0 Å². The maximum atomic E-state index is 11.7. The van der Waals surface area contributed by atoms with Crippen molar-refractivity contribution in [1.29, 1.82) is 0 Å². The molecule has 1 aromatic rings. The summed E-state index contributed by atoms with van der Waals surface area (Å²) in [4.78, 5) is 24.3. The number of ether oxygens (including phenoxy) is 3. The van der Waals surface area contributed by atoms with Crippen molar-refractivity contribution >= 4 is 12.0 Å². The van der Waals surface area contributed by atoms with Crippen LogP contribution in [0.3, 0.4) is 0 Å². The molecule has 0 fully saturated rings. The molecule has 0 bridgehead atoms. The number of hydrogen-bond acceptors (Lipinski definition) is 5. The van der Waals surface area contributed by atoms with Gasteiger partial charge in [-0.3, -0.25) is 4.79 Å². The fraction of sp³-hybridized carbons (Fsp3) is 0.429. The van der Waals surface area contributed by atoms with E-state index in [4.69, 9.17) is 9.47 Å². The van der Waals surface area contributed by atoms with E-state index in [9.17, 15) is 9.59 Å². The molecule has 0 spiro atoms. The molecule has 7 nitrogen and oxygen atoms in total. The van der Waals surface area contributed by atoms with Crippen molar-refractivity contribution in [3.63, 3.8) is 0 Å². The zero-order valence-corrected chi connectivity index (χ0v) is 12.0. The highest BCUT2D eigenvalue weighted by molar-refractivity contribution is 5.73. The molecule has 0 aromatic heterocycles. The first-order valence-electron chi connectivity index (χ1n) is 6.56. The number of rotatable bonds is 5. The van der Waals surface area contributed by atoms with Crippen LogP contribution in [0, 0.1) is 0 Å². The average Bonchev–Trinajstić information content (AvgIpc) is 2.93. The largest absolute Gasteiger partial charge is 0.454 e. The lowest BCUT2D eigenvalue weighted by molar-refractivity contribution is -0.129. The third-order valence-corrected chi connectivity index (χ3v) is 3.09. The van der Waals surface area contributed by atoms with Gasteiger partial charge in [0.15, 0.2) is 11.5 Å². The van der Waals surface area contributed by atoms with Crippen molar-refractivity contribution in [2.75, 3.05) is 27.0 Å². The van der Waals surface area contributed by atoms with E-state index in [-0.39, 0.29) is 12.7 Å². The third-order valence-electron chi connectivity index (χ3n) is 3.09. The molecule has 0 saturated heterocycles. The lowest BCUT2D eigenvalue weighted by Gasteiger charge is -2.21. The maximum Gasteiger partial charge on any atom is 0.406 e. The number of alkyl carbamates (subject to hydrolysis) is 1. The van der Waals surface area contributed by atoms with Crippen LogP contribution in [-0.4, -0.2) is 43.9 Å². The Morgan fingerprint density at radius 1 is 1.33 bits per heavy atom. The van der Waals surface area contributed by atoms with E-state index in [1.807, 2.05) is 18.2 Å². The predicted octanol–water partition coefficient (Wildman–Crippen LogP) is 1.12. The van der Waals surface area contributed by atoms with Crippen LogP contribution in [0.4, 0.5) is 4.79 Å². The number of hydrogen-bond donors (Lipinski definition) is 1. The van der Waals surface area contributed by atoms with E-state index in [2.05, 4.69) is 10.1 Å². The van der Waals surface area contributed by atoms with Crippen LogP contribution in [0.2, 0.25) is 0 Å². The summed E-state index contributed by atoms with van der Waals surface area (Å²) in [7, 11) is 1.30. The summed E-state index contributed by atoms with van der Waals surface area (Å²) in [5.74, 6) is 1.32. The number of nitrogens with one attached hydrogen (secondary N) is 1. The standard InChI is InChI=1S/C14H18N2O5/c1-10(17)16(6-5-15-14(18)19-2)8-11-3-4-12-13(7-11)21-9-20-12/h3-4,7H,5-6,8-9H2,1-2H3,(H,15,18). The molecule has 2 rings (SSSR count). The summed E-state index contributed by atoms with van der Waals surface area (Å²) < 4.78 is 15.0. The average molecular weight is 294 g/mol. The zero-order chi connectivity index (χ0) is 15.2. The highest BCUT2D eigenvalue weighted by Crippen LogP contribution is 2.32. The maximum absolute atomic E-state index is 11.7. The Labute approximate surface area is 122 Å². The van der Waals surface area contributed by atoms with Crippen LogP contribution < -0.4 is 14.8 Å². The van der Waals surface area contributed by atoms with Gasteiger partial charge < -0.3 is 24.4 Å². The van der Waals surface area contributed by atoms with E-state index < -0.39 is 6.09 Å². The quantitative estimate of drug-likeness (QED) is 0.880. The molecule has 0 radical (unpaired) electrons. The number of carbonyl (C=O) groups is 2. The normalized spacial score (nSPS) is 11.9. The highest BCUT2D eigenvalue weighted by Gasteiger charge is 2.15. The van der Waals surface area contributed by atoms with Gasteiger partial charge >= 0.3 is 6.09 Å². The lowest BCUT2D eigenvalue weighted by Crippen LogP contribution is -2.37. The molecule has 1 aliphatic rings. The number of benzene rings is 1. The number of fused-ring (bicyclic) bond motifs is 1. The lowest BCUT2D eigenvalue weighted by atomic mass is 10.2. The predicted molar refractivity (Wildman–Crippen MR) is 74.1 cm³/mol. The molecule has 1 aliphatic heterocycles. The van der Waals surface area contributed by atoms with E-state index >= 15 is 0 Å². The van der Waals surface area contributed by atoms with Gasteiger partial charge in [-0.25, -0.2) is 4.79 Å². The first-order valence-corrected chi connectivity index (χ1v) is 6.56. The van der Waals surface area contributed by atoms with E-state index in [0.29, 0.717) is 31.1 Å². The van der Waals surface area contributed by atoms with Gasteiger partial charge in [-0.05, 0) is 17.7 Å². The molecule has 1 N–H and O–H groups in total. The van der Waals surface area contributed by atoms with E-state index in [1.165, 1.54) is 14.0 Å². The van der Waals surface area contributed by atoms with Crippen molar-refractivity contribution in [2.24, 2.45) is 0 Å². The van der Waals surface area contributed by atoms with Crippen molar-refractivity contribution in [3.8, 4) is 11.5 Å². The molecule has 0 atom stereocenters. The van der Waals surface area contributed by atoms with Crippen molar-refractivity contribution in [1.82, 2.24) is 10.2 Å². The first kappa shape index (κ1) is 15.0. The van der Waals surface area contributed by atoms with E-state index in [1.54, 1.807) is 4.90 Å². The second-order valence-electron chi connectivity index (χ2n) is 4.55. The third kappa shape index (κ3) is 4.01. The Balaban J connectivity index is 1.93. The minimum atomic E-state index is -0.512. The molecule has 114 valence electrons. The topological polar surface area (TPSA) is 77.1 Å². The molecule has 0 aliphatic carbocycles. The van der Waals surface area contributed by atoms with Crippen LogP contribution in [0.5, 0.6) is 11.5 Å². The molecule has 2 amide bonds. The monoisotopic (exact) mass is 294 g/mol. The van der Waals surface area contributed by atoms with Gasteiger partial charge in [-0.1, -0.05) is 6.07 Å². The Morgan fingerprint density at radius 3 is 2.81 bits per heavy atom. The SMILES string of the molecule is COC(=O)NCCN(Cc1ccc2c(c1)OCO2)C(C)=O. The summed E-state index contributed by atoms with van der Waals surface area (Å²) in [5.41, 5.74) is 0.938. The summed E-state index contributed by atoms with van der Waals surface area (Å²) >= 11 is 0. The Morgan fingerprint density at radius 2 is 2.10 bits per heavy atom. The van der Waals surface area contributed by atoms with Gasteiger partial charge in [-0.15, -0.1) is 0 Å². The summed E-state index contributed by atoms with van der Waals surface area (Å²) in [6, 6.07) is 5.56. The Bertz CT molecular complexity index is 532. The van der Waals surface area contributed by atoms with Crippen molar-refractivity contribution in [3.05, 3.63) is 23.8 Å². The molecule has 0 saturated carbocycles. The van der Waals surface area contributed by atoms with Crippen molar-refractivity contribution < 1.29 is 23.8 Å². The Kier molecular flexibility index (Phi) is 4.86. The minimum absolute atomic E-state index is 0.0701. The summed E-state index contributed by atoms with van der Waals surface area (Å²) in [6.07, 6.45) is -0.512. The molecule has 0 unspecified atom stereocenters. The van der Waals surface area contributed by atoms with E-state index in [0.717, 1.165) is 5.56 Å². The van der Waals surface area contributed by atoms with Gasteiger partial charge in [-0.2, -0.15) is 0 Å². The number of amides is 2. The summed E-state index contributed by atoms with van der Waals surface area (Å²) in [6.45, 7) is 2.88. The van der Waals surface area contributed by atoms with Gasteiger partial charge in [0.05, 0.1) is 7.11 Å². The van der Waals surface area contributed by atoms with Crippen LogP contribution in [0.15, 0.2) is 18.2 Å². The van der Waals surface area contributed by atoms with Gasteiger partial charge in [0.2, 0.25) is 12.7 Å². The highest BCUT2D eigenvalue weighted by atomic mass is 16.7. The van der Waals surface area contributed by atoms with Gasteiger partial charge in [0, 0.05) is 26.6 Å². The molecular formula is C14H18N2O5. The van der Waals surface area contributed by atoms with Crippen LogP contribution in [0.1, 0.15) is 12.5 Å². The van der Waals surface area contributed by atoms with Crippen LogP contribution in [-0.2, 0) is 16.1 Å². The zero-order valence-electron chi connectivity index (χ0n) is 12.0. The second-order valence-corrected chi connectivity index (χ2v) is 4.55. The smallest absolute Gasteiger partial charge is 0.406 e. The fourth-order valence-electron chi connectivity index (χ4n) is 1.97. The molecule has 21 heavy (non-hydrogen) atoms. The minimum Gasteiger partial charge on any atom is -0.454 e. The Hall–Kier alpha value is -2.44. The van der Waals surface area contributed by atoms with Gasteiger partial charge in [0.1, 0.15) is 0 Å². The molecule has 1 aromatic carbocycles. The molecular weight excluding hydrogens is 276 g/mol. The summed E-state index contributed by atoms with van der Waals surface area (Å²) in [5, 5.41) is 2.55. The number of nitrogens with zero attached hydrogens (tertiary/aromatic N) is 1. The number of carbonyl (C=O) groups excluding carboxylic acids is 2.